The van der Waals surface area contributed by atoms with Crippen molar-refractivity contribution < 1.29 is 9.53 Å². The number of anilines is 1. The Labute approximate surface area is 106 Å². The van der Waals surface area contributed by atoms with Gasteiger partial charge in [0.15, 0.2) is 0 Å². The molecule has 0 atom stereocenters. The zero-order valence-electron chi connectivity index (χ0n) is 8.56. The molecule has 0 bridgehead atoms. The van der Waals surface area contributed by atoms with Gasteiger partial charge in [0.05, 0.1) is 9.47 Å². The van der Waals surface area contributed by atoms with Crippen molar-refractivity contribution in [1.82, 2.24) is 0 Å². The highest BCUT2D eigenvalue weighted by molar-refractivity contribution is 9.11. The number of carbonyl (C=O) groups is 1. The van der Waals surface area contributed by atoms with E-state index in [0.717, 1.165) is 3.79 Å². The van der Waals surface area contributed by atoms with Crippen LogP contribution in [0.15, 0.2) is 9.85 Å². The van der Waals surface area contributed by atoms with Gasteiger partial charge in [0.2, 0.25) is 0 Å². The van der Waals surface area contributed by atoms with Crippen molar-refractivity contribution in [2.75, 3.05) is 5.32 Å². The monoisotopic (exact) mass is 311 g/mol. The van der Waals surface area contributed by atoms with Crippen LogP contribution in [-0.4, -0.2) is 11.7 Å². The van der Waals surface area contributed by atoms with Crippen LogP contribution in [0.3, 0.4) is 0 Å². The van der Waals surface area contributed by atoms with Crippen LogP contribution >= 0.6 is 38.9 Å². The molecule has 6 heteroatoms. The number of thiophene rings is 1. The summed E-state index contributed by atoms with van der Waals surface area (Å²) >= 11 is 10.5. The summed E-state index contributed by atoms with van der Waals surface area (Å²) in [5.41, 5.74) is 0.0480. The van der Waals surface area contributed by atoms with Crippen molar-refractivity contribution in [3.8, 4) is 0 Å². The minimum atomic E-state index is -0.510. The molecule has 1 N–H and O–H groups in total. The normalized spacial score (nSPS) is 11.3. The van der Waals surface area contributed by atoms with Crippen molar-refractivity contribution in [1.29, 1.82) is 0 Å². The number of rotatable bonds is 1. The lowest BCUT2D eigenvalue weighted by molar-refractivity contribution is 0.0636. The van der Waals surface area contributed by atoms with Gasteiger partial charge in [-0.3, -0.25) is 5.32 Å². The third-order valence-electron chi connectivity index (χ3n) is 1.29. The molecule has 0 saturated heterocycles. The van der Waals surface area contributed by atoms with Crippen LogP contribution in [0.4, 0.5) is 10.5 Å². The summed E-state index contributed by atoms with van der Waals surface area (Å²) in [5.74, 6) is 0. The van der Waals surface area contributed by atoms with Gasteiger partial charge in [0.1, 0.15) is 9.94 Å². The Bertz CT molecular complexity index is 373. The highest BCUT2D eigenvalue weighted by Gasteiger charge is 2.17. The second-order valence-electron chi connectivity index (χ2n) is 3.86. The number of ether oxygens (including phenoxy) is 1. The lowest BCUT2D eigenvalue weighted by Crippen LogP contribution is -2.27. The smallest absolute Gasteiger partial charge is 0.412 e. The molecule has 1 rings (SSSR count). The van der Waals surface area contributed by atoms with Gasteiger partial charge in [-0.2, -0.15) is 0 Å². The zero-order valence-corrected chi connectivity index (χ0v) is 11.7. The molecule has 0 aliphatic carbocycles. The van der Waals surface area contributed by atoms with Crippen LogP contribution in [0.5, 0.6) is 0 Å². The number of nitrogens with one attached hydrogen (secondary N) is 1. The van der Waals surface area contributed by atoms with Gasteiger partial charge >= 0.3 is 6.09 Å². The maximum Gasteiger partial charge on any atom is 0.412 e. The van der Waals surface area contributed by atoms with Crippen molar-refractivity contribution in [3.05, 3.63) is 14.2 Å². The average molecular weight is 313 g/mol. The fraction of sp³-hybridized carbons (Fsp3) is 0.444. The molecule has 1 aromatic heterocycles. The van der Waals surface area contributed by atoms with Crippen LogP contribution in [0.1, 0.15) is 20.8 Å². The van der Waals surface area contributed by atoms with E-state index in [1.165, 1.54) is 11.3 Å². The summed E-state index contributed by atoms with van der Waals surface area (Å²) in [5, 5.41) is 2.57. The Morgan fingerprint density at radius 2 is 2.20 bits per heavy atom. The van der Waals surface area contributed by atoms with Gasteiger partial charge in [0, 0.05) is 0 Å². The molecule has 0 saturated carbocycles. The SMILES string of the molecule is CC(C)(C)OC(=O)Nc1cc(Br)sc1Cl. The van der Waals surface area contributed by atoms with E-state index >= 15 is 0 Å². The Morgan fingerprint density at radius 1 is 1.60 bits per heavy atom. The summed E-state index contributed by atoms with van der Waals surface area (Å²) < 4.78 is 6.47. The van der Waals surface area contributed by atoms with Gasteiger partial charge < -0.3 is 4.74 Å². The van der Waals surface area contributed by atoms with Crippen LogP contribution in [0.25, 0.3) is 0 Å². The highest BCUT2D eigenvalue weighted by Crippen LogP contribution is 2.35. The fourth-order valence-corrected chi connectivity index (χ4v) is 2.75. The Balaban J connectivity index is 2.63. The zero-order chi connectivity index (χ0) is 11.6. The lowest BCUT2D eigenvalue weighted by Gasteiger charge is -2.19. The topological polar surface area (TPSA) is 38.3 Å². The van der Waals surface area contributed by atoms with E-state index in [1.54, 1.807) is 26.8 Å². The Kier molecular flexibility index (Phi) is 4.03. The Morgan fingerprint density at radius 3 is 2.60 bits per heavy atom. The molecular formula is C9H11BrClNO2S. The summed E-state index contributed by atoms with van der Waals surface area (Å²) in [6.45, 7) is 5.41. The third-order valence-corrected chi connectivity index (χ3v) is 3.15. The predicted molar refractivity (Wildman–Crippen MR) is 66.9 cm³/mol. The number of amides is 1. The molecule has 0 fully saturated rings. The summed E-state index contributed by atoms with van der Waals surface area (Å²) in [6.07, 6.45) is -0.505. The molecule has 84 valence electrons. The first kappa shape index (κ1) is 12.8. The molecule has 1 aromatic rings. The lowest BCUT2D eigenvalue weighted by atomic mass is 10.2. The molecule has 0 aromatic carbocycles. The van der Waals surface area contributed by atoms with Crippen molar-refractivity contribution in [3.63, 3.8) is 0 Å². The summed E-state index contributed by atoms with van der Waals surface area (Å²) in [6, 6.07) is 1.73. The molecule has 0 unspecified atom stereocenters. The molecule has 0 aliphatic heterocycles. The maximum atomic E-state index is 11.4. The second kappa shape index (κ2) is 4.72. The van der Waals surface area contributed by atoms with Gasteiger partial charge in [-0.15, -0.1) is 11.3 Å². The van der Waals surface area contributed by atoms with Crippen LogP contribution < -0.4 is 5.32 Å². The number of hydrogen-bond acceptors (Lipinski definition) is 3. The average Bonchev–Trinajstić information content (AvgIpc) is 2.25. The largest absolute Gasteiger partial charge is 0.444 e. The van der Waals surface area contributed by atoms with Crippen LogP contribution in [0.2, 0.25) is 4.34 Å². The van der Waals surface area contributed by atoms with Crippen molar-refractivity contribution >= 4 is 50.6 Å². The van der Waals surface area contributed by atoms with E-state index in [0.29, 0.717) is 10.0 Å². The van der Waals surface area contributed by atoms with Crippen LogP contribution in [0, 0.1) is 0 Å². The highest BCUT2D eigenvalue weighted by atomic mass is 79.9. The number of halogens is 2. The van der Waals surface area contributed by atoms with Crippen LogP contribution in [-0.2, 0) is 4.74 Å². The van der Waals surface area contributed by atoms with Crippen molar-refractivity contribution in [2.45, 2.75) is 26.4 Å². The molecular weight excluding hydrogens is 302 g/mol. The van der Waals surface area contributed by atoms with Gasteiger partial charge in [-0.1, -0.05) is 11.6 Å². The maximum absolute atomic E-state index is 11.4. The quantitative estimate of drug-likeness (QED) is 0.828. The van der Waals surface area contributed by atoms with E-state index in [9.17, 15) is 4.79 Å². The minimum absolute atomic E-state index is 0.505. The first-order valence-electron chi connectivity index (χ1n) is 4.23. The summed E-state index contributed by atoms with van der Waals surface area (Å²) in [7, 11) is 0. The van der Waals surface area contributed by atoms with E-state index in [4.69, 9.17) is 16.3 Å². The fourth-order valence-electron chi connectivity index (χ4n) is 0.839. The first-order valence-corrected chi connectivity index (χ1v) is 6.21. The third kappa shape index (κ3) is 4.40. The van der Waals surface area contributed by atoms with Gasteiger partial charge in [0.25, 0.3) is 0 Å². The summed E-state index contributed by atoms with van der Waals surface area (Å²) in [4.78, 5) is 11.4. The standard InChI is InChI=1S/C9H11BrClNO2S/c1-9(2,3)14-8(13)12-5-4-6(10)15-7(5)11/h4H,1-3H3,(H,12,13). The van der Waals surface area contributed by atoms with Gasteiger partial charge in [-0.05, 0) is 42.8 Å². The van der Waals surface area contributed by atoms with Gasteiger partial charge in [-0.25, -0.2) is 4.79 Å². The van der Waals surface area contributed by atoms with Crippen molar-refractivity contribution in [2.24, 2.45) is 0 Å². The molecule has 0 spiro atoms. The molecule has 0 aliphatic rings. The molecule has 3 nitrogen and oxygen atoms in total. The number of carbonyl (C=O) groups excluding carboxylic acids is 1. The van der Waals surface area contributed by atoms with E-state index in [1.807, 2.05) is 0 Å². The van der Waals surface area contributed by atoms with E-state index < -0.39 is 11.7 Å². The van der Waals surface area contributed by atoms with E-state index in [2.05, 4.69) is 21.2 Å². The van der Waals surface area contributed by atoms with E-state index in [-0.39, 0.29) is 0 Å². The molecule has 0 radical (unpaired) electrons. The first-order chi connectivity index (χ1) is 6.78. The Hall–Kier alpha value is -0.260. The molecule has 1 heterocycles. The predicted octanol–water partition coefficient (Wildman–Crippen LogP) is 4.51. The molecule has 1 amide bonds. The number of hydrogen-bond donors (Lipinski definition) is 1. The molecule has 15 heavy (non-hydrogen) atoms. The second-order valence-corrected chi connectivity index (χ2v) is 6.90. The minimum Gasteiger partial charge on any atom is -0.444 e.